The third-order valence-corrected chi connectivity index (χ3v) is 2.67. The quantitative estimate of drug-likeness (QED) is 0.197. The molecule has 20 heavy (non-hydrogen) atoms. The highest BCUT2D eigenvalue weighted by Crippen LogP contribution is 2.12. The Kier molecular flexibility index (Phi) is 7.20. The second-order valence-electron chi connectivity index (χ2n) is 4.18. The molecule has 0 unspecified atom stereocenters. The molecule has 0 aliphatic rings. The number of hydrazone groups is 1. The molecule has 0 fully saturated rings. The Morgan fingerprint density at radius 2 is 2.00 bits per heavy atom. The molecule has 0 saturated heterocycles. The van der Waals surface area contributed by atoms with E-state index in [1.54, 1.807) is 0 Å². The number of hydrogen-bond acceptors (Lipinski definition) is 3. The molecule has 6 N–H and O–H groups in total. The Hall–Kier alpha value is -2.02. The summed E-state index contributed by atoms with van der Waals surface area (Å²) in [6.07, 6.45) is 2.19. The number of unbranched alkanes of at least 4 members (excludes halogenated alkanes) is 1. The van der Waals surface area contributed by atoms with Crippen LogP contribution in [0.5, 0.6) is 5.75 Å². The van der Waals surface area contributed by atoms with E-state index in [-0.39, 0.29) is 5.96 Å². The van der Waals surface area contributed by atoms with Gasteiger partial charge >= 0.3 is 0 Å². The number of nitrogens with two attached hydrogens (primary N) is 2. The van der Waals surface area contributed by atoms with Crippen LogP contribution in [0.25, 0.3) is 0 Å². The minimum absolute atomic E-state index is 0.0669. The van der Waals surface area contributed by atoms with E-state index in [0.29, 0.717) is 11.7 Å². The van der Waals surface area contributed by atoms with Gasteiger partial charge in [-0.2, -0.15) is 0 Å². The molecule has 7 heteroatoms. The van der Waals surface area contributed by atoms with Crippen LogP contribution in [0.2, 0.25) is 0 Å². The third-order valence-electron chi connectivity index (χ3n) is 2.43. The Bertz CT molecular complexity index is 443. The maximum Gasteiger partial charge on any atom is 0.208 e. The maximum atomic E-state index is 5.59. The van der Waals surface area contributed by atoms with Crippen LogP contribution >= 0.6 is 12.2 Å². The first-order valence-corrected chi connectivity index (χ1v) is 6.87. The molecular formula is C13H21N5OS. The van der Waals surface area contributed by atoms with E-state index in [1.807, 2.05) is 24.3 Å². The van der Waals surface area contributed by atoms with Crippen molar-refractivity contribution < 1.29 is 4.74 Å². The first kappa shape index (κ1) is 16.0. The first-order chi connectivity index (χ1) is 9.61. The number of guanidine groups is 1. The number of hydrogen-bond donors (Lipinski definition) is 4. The van der Waals surface area contributed by atoms with Crippen molar-refractivity contribution in [2.24, 2.45) is 16.6 Å². The topological polar surface area (TPSA) is 97.7 Å². The fraction of sp³-hybridized carbons (Fsp3) is 0.385. The Morgan fingerprint density at radius 1 is 1.30 bits per heavy atom. The SMILES string of the molecule is CCCCOc1ccc(CNC(=S)NN=C(N)N)cc1. The molecular weight excluding hydrogens is 274 g/mol. The lowest BCUT2D eigenvalue weighted by molar-refractivity contribution is 0.309. The Labute approximate surface area is 124 Å². The largest absolute Gasteiger partial charge is 0.494 e. The molecule has 6 nitrogen and oxygen atoms in total. The van der Waals surface area contributed by atoms with E-state index in [4.69, 9.17) is 28.4 Å². The van der Waals surface area contributed by atoms with Crippen LogP contribution in [0, 0.1) is 0 Å². The second kappa shape index (κ2) is 8.98. The normalized spacial score (nSPS) is 9.65. The molecule has 110 valence electrons. The van der Waals surface area contributed by atoms with Gasteiger partial charge in [0.25, 0.3) is 0 Å². The highest BCUT2D eigenvalue weighted by Gasteiger charge is 1.97. The monoisotopic (exact) mass is 295 g/mol. The Morgan fingerprint density at radius 3 is 2.60 bits per heavy atom. The number of rotatable bonds is 7. The van der Waals surface area contributed by atoms with E-state index < -0.39 is 0 Å². The van der Waals surface area contributed by atoms with Gasteiger partial charge in [0.15, 0.2) is 5.11 Å². The minimum Gasteiger partial charge on any atom is -0.494 e. The highest BCUT2D eigenvalue weighted by molar-refractivity contribution is 7.80. The zero-order valence-corrected chi connectivity index (χ0v) is 12.4. The van der Waals surface area contributed by atoms with Gasteiger partial charge in [-0.1, -0.05) is 25.5 Å². The highest BCUT2D eigenvalue weighted by atomic mass is 32.1. The van der Waals surface area contributed by atoms with Crippen LogP contribution in [-0.4, -0.2) is 17.7 Å². The van der Waals surface area contributed by atoms with Crippen LogP contribution in [0.15, 0.2) is 29.4 Å². The van der Waals surface area contributed by atoms with Crippen molar-refractivity contribution in [3.8, 4) is 5.75 Å². The summed E-state index contributed by atoms with van der Waals surface area (Å²) in [6, 6.07) is 7.85. The summed E-state index contributed by atoms with van der Waals surface area (Å²) >= 11 is 5.00. The van der Waals surface area contributed by atoms with Crippen molar-refractivity contribution in [1.82, 2.24) is 10.7 Å². The molecule has 0 heterocycles. The van der Waals surface area contributed by atoms with Gasteiger partial charge < -0.3 is 21.5 Å². The molecule has 0 spiro atoms. The summed E-state index contributed by atoms with van der Waals surface area (Å²) in [5, 5.41) is 6.94. The lowest BCUT2D eigenvalue weighted by atomic mass is 10.2. The predicted molar refractivity (Wildman–Crippen MR) is 85.2 cm³/mol. The van der Waals surface area contributed by atoms with E-state index in [0.717, 1.165) is 30.8 Å². The van der Waals surface area contributed by atoms with Gasteiger partial charge in [-0.25, -0.2) is 0 Å². The van der Waals surface area contributed by atoms with Crippen LogP contribution in [0.4, 0.5) is 0 Å². The van der Waals surface area contributed by atoms with Gasteiger partial charge in [0.05, 0.1) is 6.61 Å². The standard InChI is InChI=1S/C13H21N5OS/c1-2-3-8-19-11-6-4-10(5-7-11)9-16-13(20)18-17-12(14)15/h4-7H,2-3,8-9H2,1H3,(H4,14,15,17)(H2,16,18,20). The summed E-state index contributed by atoms with van der Waals surface area (Å²) in [5.41, 5.74) is 14.0. The molecule has 0 atom stereocenters. The van der Waals surface area contributed by atoms with Crippen molar-refractivity contribution in [3.63, 3.8) is 0 Å². The van der Waals surface area contributed by atoms with Gasteiger partial charge in [0, 0.05) is 6.54 Å². The fourth-order valence-corrected chi connectivity index (χ4v) is 1.49. The third kappa shape index (κ3) is 6.79. The number of benzene rings is 1. The summed E-state index contributed by atoms with van der Waals surface area (Å²) in [4.78, 5) is 0. The molecule has 0 bridgehead atoms. The smallest absolute Gasteiger partial charge is 0.208 e. The minimum atomic E-state index is -0.0669. The van der Waals surface area contributed by atoms with Gasteiger partial charge in [-0.05, 0) is 36.3 Å². The van der Waals surface area contributed by atoms with Crippen LogP contribution in [0.1, 0.15) is 25.3 Å². The predicted octanol–water partition coefficient (Wildman–Crippen LogP) is 1.02. The van der Waals surface area contributed by atoms with E-state index >= 15 is 0 Å². The zero-order valence-electron chi connectivity index (χ0n) is 11.6. The van der Waals surface area contributed by atoms with Gasteiger partial charge in [-0.15, -0.1) is 5.10 Å². The molecule has 0 radical (unpaired) electrons. The van der Waals surface area contributed by atoms with E-state index in [9.17, 15) is 0 Å². The van der Waals surface area contributed by atoms with Crippen LogP contribution in [-0.2, 0) is 6.54 Å². The van der Waals surface area contributed by atoms with Crippen molar-refractivity contribution in [3.05, 3.63) is 29.8 Å². The second-order valence-corrected chi connectivity index (χ2v) is 4.59. The molecule has 0 aliphatic heterocycles. The zero-order chi connectivity index (χ0) is 14.8. The molecule has 0 aromatic heterocycles. The first-order valence-electron chi connectivity index (χ1n) is 6.46. The summed E-state index contributed by atoms with van der Waals surface area (Å²) < 4.78 is 5.59. The number of ether oxygens (including phenoxy) is 1. The summed E-state index contributed by atoms with van der Waals surface area (Å²) in [6.45, 7) is 3.47. The lowest BCUT2D eigenvalue weighted by Gasteiger charge is -2.09. The van der Waals surface area contributed by atoms with E-state index in [1.165, 1.54) is 0 Å². The number of nitrogens with one attached hydrogen (secondary N) is 2. The molecule has 1 aromatic carbocycles. The van der Waals surface area contributed by atoms with Crippen molar-refractivity contribution in [2.45, 2.75) is 26.3 Å². The molecule has 1 aromatic rings. The maximum absolute atomic E-state index is 5.59. The number of nitrogens with zero attached hydrogens (tertiary/aromatic N) is 1. The fourth-order valence-electron chi connectivity index (χ4n) is 1.38. The molecule has 0 aliphatic carbocycles. The van der Waals surface area contributed by atoms with Crippen LogP contribution in [0.3, 0.4) is 0 Å². The van der Waals surface area contributed by atoms with Crippen LogP contribution < -0.4 is 26.9 Å². The Balaban J connectivity index is 2.34. The van der Waals surface area contributed by atoms with Crippen molar-refractivity contribution in [1.29, 1.82) is 0 Å². The average molecular weight is 295 g/mol. The average Bonchev–Trinajstić information content (AvgIpc) is 2.44. The summed E-state index contributed by atoms with van der Waals surface area (Å²) in [7, 11) is 0. The van der Waals surface area contributed by atoms with Crippen molar-refractivity contribution >= 4 is 23.3 Å². The lowest BCUT2D eigenvalue weighted by Crippen LogP contribution is -2.35. The van der Waals surface area contributed by atoms with Gasteiger partial charge in [-0.3, -0.25) is 5.43 Å². The van der Waals surface area contributed by atoms with Crippen molar-refractivity contribution in [2.75, 3.05) is 6.61 Å². The molecule has 0 amide bonds. The molecule has 0 saturated carbocycles. The van der Waals surface area contributed by atoms with E-state index in [2.05, 4.69) is 22.8 Å². The summed E-state index contributed by atoms with van der Waals surface area (Å²) in [5.74, 6) is 0.811. The van der Waals surface area contributed by atoms with Gasteiger partial charge in [0.1, 0.15) is 5.75 Å². The number of thiocarbonyl (C=S) groups is 1. The van der Waals surface area contributed by atoms with Gasteiger partial charge in [0.2, 0.25) is 5.96 Å². The molecule has 1 rings (SSSR count).